The Morgan fingerprint density at radius 2 is 1.81 bits per heavy atom. The number of nitrogens with zero attached hydrogens (tertiary/aromatic N) is 2. The minimum atomic E-state index is -0.710. The molecule has 2 fully saturated rings. The van der Waals surface area contributed by atoms with Gasteiger partial charge in [0.1, 0.15) is 11.7 Å². The van der Waals surface area contributed by atoms with E-state index in [0.29, 0.717) is 50.9 Å². The number of para-hydroxylation sites is 1. The Bertz CT molecular complexity index is 911. The maximum Gasteiger partial charge on any atom is 0.255 e. The molecule has 3 heterocycles. The number of fused-ring (bicyclic) bond motifs is 1. The van der Waals surface area contributed by atoms with E-state index in [1.165, 1.54) is 0 Å². The van der Waals surface area contributed by atoms with Crippen molar-refractivity contribution >= 4 is 29.3 Å². The van der Waals surface area contributed by atoms with Crippen LogP contribution in [0.15, 0.2) is 24.3 Å². The molecule has 0 aromatic heterocycles. The number of carbonyl (C=O) groups is 4. The lowest BCUT2D eigenvalue weighted by Crippen LogP contribution is -2.58. The second-order valence-corrected chi connectivity index (χ2v) is 8.72. The van der Waals surface area contributed by atoms with Gasteiger partial charge in [-0.2, -0.15) is 0 Å². The fourth-order valence-electron chi connectivity index (χ4n) is 4.83. The van der Waals surface area contributed by atoms with E-state index < -0.39 is 11.7 Å². The van der Waals surface area contributed by atoms with Crippen LogP contribution in [-0.4, -0.2) is 64.8 Å². The highest BCUT2D eigenvalue weighted by atomic mass is 16.2. The molecule has 3 aliphatic rings. The van der Waals surface area contributed by atoms with Gasteiger partial charge in [-0.05, 0) is 38.3 Å². The molecule has 4 N–H and O–H groups in total. The number of likely N-dealkylation sites (tertiary alicyclic amines) is 2. The van der Waals surface area contributed by atoms with Crippen molar-refractivity contribution in [3.8, 4) is 0 Å². The second kappa shape index (κ2) is 8.20. The molecule has 4 amide bonds. The van der Waals surface area contributed by atoms with Crippen molar-refractivity contribution in [3.63, 3.8) is 0 Å². The number of rotatable bonds is 3. The van der Waals surface area contributed by atoms with Crippen LogP contribution in [0, 0.1) is 5.92 Å². The Morgan fingerprint density at radius 1 is 1.10 bits per heavy atom. The summed E-state index contributed by atoms with van der Waals surface area (Å²) in [5.41, 5.74) is 6.01. The van der Waals surface area contributed by atoms with Gasteiger partial charge in [0.15, 0.2) is 0 Å². The average Bonchev–Trinajstić information content (AvgIpc) is 2.92. The van der Waals surface area contributed by atoms with E-state index in [2.05, 4.69) is 10.6 Å². The second-order valence-electron chi connectivity index (χ2n) is 8.72. The molecule has 31 heavy (non-hydrogen) atoms. The van der Waals surface area contributed by atoms with E-state index in [-0.39, 0.29) is 36.0 Å². The monoisotopic (exact) mass is 427 g/mol. The Labute approximate surface area is 181 Å². The Hall–Kier alpha value is -3.10. The molecule has 0 bridgehead atoms. The molecule has 1 aromatic carbocycles. The third-order valence-corrected chi connectivity index (χ3v) is 6.80. The minimum absolute atomic E-state index is 0.0975. The van der Waals surface area contributed by atoms with Crippen LogP contribution in [0.1, 0.15) is 49.4 Å². The number of benzene rings is 1. The summed E-state index contributed by atoms with van der Waals surface area (Å²) < 4.78 is 0. The largest absolute Gasteiger partial charge is 0.369 e. The Kier molecular flexibility index (Phi) is 5.60. The van der Waals surface area contributed by atoms with Crippen LogP contribution in [0.5, 0.6) is 0 Å². The fourth-order valence-corrected chi connectivity index (χ4v) is 4.83. The number of hydrogen-bond acceptors (Lipinski definition) is 5. The van der Waals surface area contributed by atoms with E-state index in [9.17, 15) is 19.2 Å². The van der Waals surface area contributed by atoms with Gasteiger partial charge in [0, 0.05) is 44.1 Å². The summed E-state index contributed by atoms with van der Waals surface area (Å²) in [5.74, 6) is -0.880. The van der Waals surface area contributed by atoms with E-state index in [4.69, 9.17) is 5.73 Å². The molecule has 0 radical (unpaired) electrons. The fraction of sp³-hybridized carbons (Fsp3) is 0.545. The quantitative estimate of drug-likeness (QED) is 0.654. The summed E-state index contributed by atoms with van der Waals surface area (Å²) in [6.45, 7) is 3.05. The number of anilines is 1. The van der Waals surface area contributed by atoms with Crippen LogP contribution < -0.4 is 16.4 Å². The van der Waals surface area contributed by atoms with Gasteiger partial charge in [-0.25, -0.2) is 0 Å². The van der Waals surface area contributed by atoms with Crippen LogP contribution in [-0.2, 0) is 14.4 Å². The first-order valence-electron chi connectivity index (χ1n) is 10.9. The Morgan fingerprint density at radius 3 is 2.52 bits per heavy atom. The van der Waals surface area contributed by atoms with E-state index in [1.54, 1.807) is 22.8 Å². The molecule has 0 unspecified atom stereocenters. The van der Waals surface area contributed by atoms with Crippen molar-refractivity contribution in [2.45, 2.75) is 50.7 Å². The number of nitrogens with two attached hydrogens (primary N) is 1. The van der Waals surface area contributed by atoms with Gasteiger partial charge >= 0.3 is 0 Å². The third-order valence-electron chi connectivity index (χ3n) is 6.80. The number of carbonyl (C=O) groups excluding carboxylic acids is 4. The number of primary amides is 1. The van der Waals surface area contributed by atoms with Crippen LogP contribution in [0.2, 0.25) is 0 Å². The first-order chi connectivity index (χ1) is 14.8. The zero-order valence-corrected chi connectivity index (χ0v) is 17.7. The summed E-state index contributed by atoms with van der Waals surface area (Å²) >= 11 is 0. The van der Waals surface area contributed by atoms with Crippen LogP contribution >= 0.6 is 0 Å². The van der Waals surface area contributed by atoms with Gasteiger partial charge in [-0.15, -0.1) is 0 Å². The summed E-state index contributed by atoms with van der Waals surface area (Å²) in [6.07, 6.45) is 2.30. The van der Waals surface area contributed by atoms with Gasteiger partial charge in [-0.3, -0.25) is 19.2 Å². The first-order valence-corrected chi connectivity index (χ1v) is 10.9. The summed E-state index contributed by atoms with van der Waals surface area (Å²) in [6, 6.07) is 6.72. The molecule has 4 rings (SSSR count). The molecule has 0 saturated carbocycles. The molecule has 1 aromatic rings. The summed E-state index contributed by atoms with van der Waals surface area (Å²) in [4.78, 5) is 53.3. The Balaban J connectivity index is 1.43. The van der Waals surface area contributed by atoms with Crippen LogP contribution in [0.25, 0.3) is 0 Å². The topological polar surface area (TPSA) is 125 Å². The van der Waals surface area contributed by atoms with Gasteiger partial charge in [0.25, 0.3) is 5.91 Å². The molecule has 3 aliphatic heterocycles. The lowest BCUT2D eigenvalue weighted by molar-refractivity contribution is -0.146. The highest BCUT2D eigenvalue weighted by Crippen LogP contribution is 2.32. The maximum absolute atomic E-state index is 13.0. The third kappa shape index (κ3) is 4.08. The maximum atomic E-state index is 13.0. The standard InChI is InChI=1S/C22H29N5O4/c1-14(21(31)26-11-7-15(8-12-26)19(23)29)27-13-10-22(9-6-18(27)28)24-17-5-3-2-4-16(17)20(30)25-22/h2-5,14-15,24H,6-13H2,1H3,(H2,23,29)(H,25,30)/t14-,22-/m0/s1. The van der Waals surface area contributed by atoms with Crippen LogP contribution in [0.3, 0.4) is 0 Å². The molecule has 1 spiro atoms. The average molecular weight is 428 g/mol. The molecular weight excluding hydrogens is 398 g/mol. The van der Waals surface area contributed by atoms with Crippen molar-refractivity contribution in [1.29, 1.82) is 0 Å². The number of amides is 4. The number of hydrogen-bond donors (Lipinski definition) is 3. The highest BCUT2D eigenvalue weighted by molar-refractivity contribution is 6.02. The number of nitrogens with one attached hydrogen (secondary N) is 2. The van der Waals surface area contributed by atoms with E-state index in [0.717, 1.165) is 5.69 Å². The normalized spacial score (nSPS) is 25.3. The van der Waals surface area contributed by atoms with Gasteiger partial charge < -0.3 is 26.2 Å². The molecule has 9 nitrogen and oxygen atoms in total. The molecule has 2 saturated heterocycles. The van der Waals surface area contributed by atoms with Crippen molar-refractivity contribution in [2.75, 3.05) is 25.0 Å². The van der Waals surface area contributed by atoms with Crippen molar-refractivity contribution in [1.82, 2.24) is 15.1 Å². The zero-order chi connectivity index (χ0) is 22.2. The summed E-state index contributed by atoms with van der Waals surface area (Å²) in [7, 11) is 0. The summed E-state index contributed by atoms with van der Waals surface area (Å²) in [5, 5.41) is 6.47. The first kappa shape index (κ1) is 21.1. The highest BCUT2D eigenvalue weighted by Gasteiger charge is 2.42. The molecule has 166 valence electrons. The predicted octanol–water partition coefficient (Wildman–Crippen LogP) is 0.663. The van der Waals surface area contributed by atoms with E-state index in [1.807, 2.05) is 18.2 Å². The SMILES string of the molecule is C[C@@H](C(=O)N1CCC(C(N)=O)CC1)N1CC[C@]2(CCC1=O)NC(=O)c1ccccc1N2. The molecular formula is C22H29N5O4. The van der Waals surface area contributed by atoms with Gasteiger partial charge in [0.05, 0.1) is 5.56 Å². The molecule has 9 heteroatoms. The molecule has 2 atom stereocenters. The number of piperidine rings is 1. The smallest absolute Gasteiger partial charge is 0.255 e. The van der Waals surface area contributed by atoms with Crippen LogP contribution in [0.4, 0.5) is 5.69 Å². The lowest BCUT2D eigenvalue weighted by atomic mass is 9.95. The predicted molar refractivity (Wildman–Crippen MR) is 114 cm³/mol. The van der Waals surface area contributed by atoms with Gasteiger partial charge in [0.2, 0.25) is 17.7 Å². The lowest BCUT2D eigenvalue weighted by Gasteiger charge is -2.40. The van der Waals surface area contributed by atoms with E-state index >= 15 is 0 Å². The van der Waals surface area contributed by atoms with Gasteiger partial charge in [-0.1, -0.05) is 12.1 Å². The van der Waals surface area contributed by atoms with Crippen molar-refractivity contribution in [2.24, 2.45) is 11.7 Å². The van der Waals surface area contributed by atoms with Crippen molar-refractivity contribution in [3.05, 3.63) is 29.8 Å². The minimum Gasteiger partial charge on any atom is -0.369 e. The molecule has 0 aliphatic carbocycles. The van der Waals surface area contributed by atoms with Crippen molar-refractivity contribution < 1.29 is 19.2 Å². The zero-order valence-electron chi connectivity index (χ0n) is 17.7.